The van der Waals surface area contributed by atoms with Crippen molar-refractivity contribution >= 4 is 0 Å². The van der Waals surface area contributed by atoms with E-state index in [4.69, 9.17) is 5.26 Å². The second-order valence-electron chi connectivity index (χ2n) is 3.23. The van der Waals surface area contributed by atoms with E-state index in [1.54, 1.807) is 0 Å². The minimum atomic E-state index is 0. The van der Waals surface area contributed by atoms with Crippen LogP contribution in [0.2, 0.25) is 0 Å². The topological polar surface area (TPSA) is 23.8 Å². The van der Waals surface area contributed by atoms with Crippen molar-refractivity contribution in [2.45, 2.75) is 46.5 Å². The third-order valence-electron chi connectivity index (χ3n) is 2.23. The molecule has 58 valence electrons. The molecular weight excluding hydrogens is 122 g/mol. The molecule has 0 aromatic rings. The van der Waals surface area contributed by atoms with Crippen LogP contribution in [0.25, 0.3) is 0 Å². The number of nitriles is 1. The summed E-state index contributed by atoms with van der Waals surface area (Å²) in [4.78, 5) is 0. The predicted octanol–water partition coefficient (Wildman–Crippen LogP) is 3.12. The first-order valence-corrected chi connectivity index (χ1v) is 3.68. The van der Waals surface area contributed by atoms with Crippen molar-refractivity contribution in [3.63, 3.8) is 0 Å². The van der Waals surface area contributed by atoms with Crippen LogP contribution in [-0.2, 0) is 0 Å². The molecule has 0 aliphatic heterocycles. The Balaban J connectivity index is 0.000000810. The molecule has 10 heavy (non-hydrogen) atoms. The summed E-state index contributed by atoms with van der Waals surface area (Å²) in [5, 5.41) is 8.70. The quantitative estimate of drug-likeness (QED) is 0.506. The van der Waals surface area contributed by atoms with E-state index in [1.165, 1.54) is 19.3 Å². The maximum absolute atomic E-state index is 8.70. The van der Waals surface area contributed by atoms with Crippen molar-refractivity contribution in [2.75, 3.05) is 0 Å². The fourth-order valence-corrected chi connectivity index (χ4v) is 1.44. The van der Waals surface area contributed by atoms with Gasteiger partial charge in [-0.2, -0.15) is 5.26 Å². The molecule has 1 saturated carbocycles. The monoisotopic (exact) mass is 139 g/mol. The molecule has 0 radical (unpaired) electrons. The molecule has 1 fully saturated rings. The van der Waals surface area contributed by atoms with E-state index in [0.717, 1.165) is 12.8 Å². The SMILES string of the molecule is C.CC1(C#N)CCCCC1. The zero-order valence-electron chi connectivity index (χ0n) is 5.98. The summed E-state index contributed by atoms with van der Waals surface area (Å²) in [7, 11) is 0. The van der Waals surface area contributed by atoms with E-state index in [1.807, 2.05) is 0 Å². The summed E-state index contributed by atoms with van der Waals surface area (Å²) in [6.07, 6.45) is 6.07. The van der Waals surface area contributed by atoms with E-state index < -0.39 is 0 Å². The smallest absolute Gasteiger partial charge is 0.0686 e. The molecule has 0 bridgehead atoms. The highest BCUT2D eigenvalue weighted by atomic mass is 14.4. The Kier molecular flexibility index (Phi) is 3.42. The van der Waals surface area contributed by atoms with Gasteiger partial charge in [-0.05, 0) is 19.8 Å². The van der Waals surface area contributed by atoms with Crippen molar-refractivity contribution in [3.05, 3.63) is 0 Å². The summed E-state index contributed by atoms with van der Waals surface area (Å²) in [6.45, 7) is 2.08. The Morgan fingerprint density at radius 3 is 2.00 bits per heavy atom. The van der Waals surface area contributed by atoms with Crippen molar-refractivity contribution in [3.8, 4) is 6.07 Å². The van der Waals surface area contributed by atoms with Gasteiger partial charge in [-0.25, -0.2) is 0 Å². The lowest BCUT2D eigenvalue weighted by atomic mass is 9.77. The first-order valence-electron chi connectivity index (χ1n) is 3.68. The number of rotatable bonds is 0. The lowest BCUT2D eigenvalue weighted by molar-refractivity contribution is 0.296. The van der Waals surface area contributed by atoms with Crippen molar-refractivity contribution in [1.29, 1.82) is 5.26 Å². The molecule has 0 amide bonds. The van der Waals surface area contributed by atoms with Crippen LogP contribution in [0.15, 0.2) is 0 Å². The first-order chi connectivity index (χ1) is 4.27. The normalized spacial score (nSPS) is 22.4. The van der Waals surface area contributed by atoms with Crippen molar-refractivity contribution in [2.24, 2.45) is 5.41 Å². The molecule has 1 aliphatic rings. The van der Waals surface area contributed by atoms with Gasteiger partial charge in [-0.15, -0.1) is 0 Å². The van der Waals surface area contributed by atoms with Crippen LogP contribution < -0.4 is 0 Å². The van der Waals surface area contributed by atoms with Gasteiger partial charge in [0, 0.05) is 0 Å². The van der Waals surface area contributed by atoms with Gasteiger partial charge in [0.05, 0.1) is 11.5 Å². The highest BCUT2D eigenvalue weighted by Crippen LogP contribution is 2.34. The molecule has 0 saturated heterocycles. The maximum atomic E-state index is 8.70. The van der Waals surface area contributed by atoms with Crippen LogP contribution in [0, 0.1) is 16.7 Å². The lowest BCUT2D eigenvalue weighted by Gasteiger charge is -2.25. The number of hydrogen-bond acceptors (Lipinski definition) is 1. The highest BCUT2D eigenvalue weighted by Gasteiger charge is 2.25. The van der Waals surface area contributed by atoms with Gasteiger partial charge >= 0.3 is 0 Å². The van der Waals surface area contributed by atoms with Crippen LogP contribution in [0.1, 0.15) is 46.5 Å². The molecule has 0 aromatic heterocycles. The van der Waals surface area contributed by atoms with Crippen LogP contribution in [0.3, 0.4) is 0 Å². The zero-order valence-corrected chi connectivity index (χ0v) is 5.98. The van der Waals surface area contributed by atoms with Crippen LogP contribution in [0.5, 0.6) is 0 Å². The fourth-order valence-electron chi connectivity index (χ4n) is 1.44. The average molecular weight is 139 g/mol. The second-order valence-corrected chi connectivity index (χ2v) is 3.23. The van der Waals surface area contributed by atoms with Crippen LogP contribution >= 0.6 is 0 Å². The minimum absolute atomic E-state index is 0. The summed E-state index contributed by atoms with van der Waals surface area (Å²) in [6, 6.07) is 2.38. The largest absolute Gasteiger partial charge is 0.198 e. The van der Waals surface area contributed by atoms with Crippen LogP contribution in [-0.4, -0.2) is 0 Å². The van der Waals surface area contributed by atoms with Gasteiger partial charge in [-0.1, -0.05) is 26.7 Å². The van der Waals surface area contributed by atoms with Crippen molar-refractivity contribution < 1.29 is 0 Å². The van der Waals surface area contributed by atoms with E-state index in [2.05, 4.69) is 13.0 Å². The molecule has 1 nitrogen and oxygen atoms in total. The Hall–Kier alpha value is -0.510. The van der Waals surface area contributed by atoms with E-state index in [0.29, 0.717) is 0 Å². The van der Waals surface area contributed by atoms with Gasteiger partial charge in [0.1, 0.15) is 0 Å². The Bertz CT molecular complexity index is 126. The Labute approximate surface area is 64.1 Å². The maximum Gasteiger partial charge on any atom is 0.0686 e. The Morgan fingerprint density at radius 2 is 1.70 bits per heavy atom. The minimum Gasteiger partial charge on any atom is -0.198 e. The molecule has 0 N–H and O–H groups in total. The molecule has 1 heteroatoms. The zero-order chi connectivity index (χ0) is 6.74. The van der Waals surface area contributed by atoms with Crippen molar-refractivity contribution in [1.82, 2.24) is 0 Å². The Morgan fingerprint density at radius 1 is 1.20 bits per heavy atom. The third kappa shape index (κ3) is 2.02. The first kappa shape index (κ1) is 9.49. The van der Waals surface area contributed by atoms with E-state index in [9.17, 15) is 0 Å². The standard InChI is InChI=1S/C8H13N.CH4/c1-8(7-9)5-3-2-4-6-8;/h2-6H2,1H3;1H4. The van der Waals surface area contributed by atoms with Gasteiger partial charge in [-0.3, -0.25) is 0 Å². The number of nitrogens with zero attached hydrogens (tertiary/aromatic N) is 1. The molecular formula is C9H17N. The average Bonchev–Trinajstić information content (AvgIpc) is 1.90. The fraction of sp³-hybridized carbons (Fsp3) is 0.889. The molecule has 0 atom stereocenters. The molecule has 0 spiro atoms. The second kappa shape index (κ2) is 3.61. The number of hydrogen-bond donors (Lipinski definition) is 0. The van der Waals surface area contributed by atoms with Gasteiger partial charge in [0.15, 0.2) is 0 Å². The van der Waals surface area contributed by atoms with Gasteiger partial charge in [0.25, 0.3) is 0 Å². The summed E-state index contributed by atoms with van der Waals surface area (Å²) in [5.74, 6) is 0. The molecule has 0 aromatic carbocycles. The van der Waals surface area contributed by atoms with E-state index >= 15 is 0 Å². The summed E-state index contributed by atoms with van der Waals surface area (Å²) in [5.41, 5.74) is 0.0260. The highest BCUT2D eigenvalue weighted by molar-refractivity contribution is 4.96. The molecule has 1 rings (SSSR count). The van der Waals surface area contributed by atoms with Crippen LogP contribution in [0.4, 0.5) is 0 Å². The van der Waals surface area contributed by atoms with Gasteiger partial charge < -0.3 is 0 Å². The predicted molar refractivity (Wildman–Crippen MR) is 43.5 cm³/mol. The third-order valence-corrected chi connectivity index (χ3v) is 2.23. The molecule has 0 heterocycles. The molecule has 0 unspecified atom stereocenters. The summed E-state index contributed by atoms with van der Waals surface area (Å²) >= 11 is 0. The summed E-state index contributed by atoms with van der Waals surface area (Å²) < 4.78 is 0. The van der Waals surface area contributed by atoms with Gasteiger partial charge in [0.2, 0.25) is 0 Å². The lowest BCUT2D eigenvalue weighted by Crippen LogP contribution is -2.16. The molecule has 1 aliphatic carbocycles. The van der Waals surface area contributed by atoms with E-state index in [-0.39, 0.29) is 12.8 Å².